The van der Waals surface area contributed by atoms with E-state index < -0.39 is 9.84 Å². The Balaban J connectivity index is 1.92. The summed E-state index contributed by atoms with van der Waals surface area (Å²) in [6.45, 7) is 4.47. The molecule has 0 spiro atoms. The van der Waals surface area contributed by atoms with Gasteiger partial charge in [0.1, 0.15) is 9.84 Å². The smallest absolute Gasteiger partial charge is 0.150 e. The summed E-state index contributed by atoms with van der Waals surface area (Å²) in [6.07, 6.45) is 5.61. The predicted molar refractivity (Wildman–Crippen MR) is 90.0 cm³/mol. The summed E-state index contributed by atoms with van der Waals surface area (Å²) in [7, 11) is -2.83. The van der Waals surface area contributed by atoms with Crippen molar-refractivity contribution in [1.29, 1.82) is 0 Å². The van der Waals surface area contributed by atoms with Gasteiger partial charge in [-0.3, -0.25) is 4.68 Å². The van der Waals surface area contributed by atoms with E-state index in [2.05, 4.69) is 37.1 Å². The van der Waals surface area contributed by atoms with Crippen molar-refractivity contribution in [2.75, 3.05) is 11.5 Å². The van der Waals surface area contributed by atoms with Crippen molar-refractivity contribution in [2.45, 2.75) is 51.5 Å². The van der Waals surface area contributed by atoms with E-state index in [9.17, 15) is 8.42 Å². The van der Waals surface area contributed by atoms with Crippen LogP contribution in [0.25, 0.3) is 10.9 Å². The van der Waals surface area contributed by atoms with E-state index in [0.29, 0.717) is 18.8 Å². The Morgan fingerprint density at radius 3 is 2.73 bits per heavy atom. The minimum Gasteiger partial charge on any atom is -0.262 e. The van der Waals surface area contributed by atoms with Crippen molar-refractivity contribution in [3.63, 3.8) is 0 Å². The summed E-state index contributed by atoms with van der Waals surface area (Å²) >= 11 is 0. The lowest BCUT2D eigenvalue weighted by Gasteiger charge is -2.23. The minimum absolute atomic E-state index is 0.206. The lowest BCUT2D eigenvalue weighted by Crippen LogP contribution is -2.26. The molecule has 1 aromatic carbocycles. The Hall–Kier alpha value is -1.36. The number of benzene rings is 1. The van der Waals surface area contributed by atoms with Gasteiger partial charge < -0.3 is 0 Å². The molecule has 5 heteroatoms. The van der Waals surface area contributed by atoms with Crippen molar-refractivity contribution in [1.82, 2.24) is 9.78 Å². The number of hydrogen-bond acceptors (Lipinski definition) is 3. The molecule has 0 radical (unpaired) electrons. The van der Waals surface area contributed by atoms with Crippen LogP contribution in [0.4, 0.5) is 0 Å². The lowest BCUT2D eigenvalue weighted by atomic mass is 9.96. The van der Waals surface area contributed by atoms with Gasteiger partial charge in [-0.15, -0.1) is 0 Å². The molecule has 1 saturated heterocycles. The standard InChI is InChI=1S/C17H24N2O2S/c1-3-4-13(2)14-5-6-15-12-18-19(17(15)11-14)16-7-9-22(20,21)10-8-16/h5-6,11-13,16H,3-4,7-10H2,1-2H3. The maximum atomic E-state index is 11.6. The zero-order chi connectivity index (χ0) is 15.7. The SMILES string of the molecule is CCCC(C)c1ccc2cnn(C3CCS(=O)(=O)CC3)c2c1. The van der Waals surface area contributed by atoms with Gasteiger partial charge in [-0.1, -0.05) is 32.4 Å². The molecule has 1 unspecified atom stereocenters. The van der Waals surface area contributed by atoms with Gasteiger partial charge in [-0.05, 0) is 36.8 Å². The molecule has 3 rings (SSSR count). The highest BCUT2D eigenvalue weighted by Gasteiger charge is 2.26. The second-order valence-corrected chi connectivity index (χ2v) is 8.78. The summed E-state index contributed by atoms with van der Waals surface area (Å²) in [5, 5.41) is 5.67. The first-order chi connectivity index (χ1) is 10.5. The van der Waals surface area contributed by atoms with Crippen LogP contribution in [0, 0.1) is 0 Å². The molecule has 0 amide bonds. The van der Waals surface area contributed by atoms with E-state index in [-0.39, 0.29) is 17.5 Å². The van der Waals surface area contributed by atoms with Crippen LogP contribution in [0.1, 0.15) is 57.1 Å². The molecule has 120 valence electrons. The summed E-state index contributed by atoms with van der Waals surface area (Å²) in [5.41, 5.74) is 2.49. The molecule has 1 atom stereocenters. The Labute approximate surface area is 132 Å². The molecule has 4 nitrogen and oxygen atoms in total. The van der Waals surface area contributed by atoms with Crippen molar-refractivity contribution in [3.05, 3.63) is 30.0 Å². The molecule has 1 aliphatic rings. The number of hydrogen-bond donors (Lipinski definition) is 0. The highest BCUT2D eigenvalue weighted by atomic mass is 32.2. The lowest BCUT2D eigenvalue weighted by molar-refractivity contribution is 0.424. The van der Waals surface area contributed by atoms with Crippen LogP contribution in [0.2, 0.25) is 0 Å². The third-order valence-corrected chi connectivity index (χ3v) is 6.50. The second kappa shape index (κ2) is 6.03. The van der Waals surface area contributed by atoms with Crippen LogP contribution >= 0.6 is 0 Å². The first-order valence-electron chi connectivity index (χ1n) is 8.18. The molecule has 1 fully saturated rings. The van der Waals surface area contributed by atoms with E-state index in [0.717, 1.165) is 10.9 Å². The number of aromatic nitrogens is 2. The summed E-state index contributed by atoms with van der Waals surface area (Å²) in [4.78, 5) is 0. The molecule has 0 saturated carbocycles. The first kappa shape index (κ1) is 15.5. The van der Waals surface area contributed by atoms with E-state index in [1.54, 1.807) is 0 Å². The van der Waals surface area contributed by atoms with Crippen LogP contribution in [-0.2, 0) is 9.84 Å². The molecule has 1 aliphatic heterocycles. The van der Waals surface area contributed by atoms with Crippen LogP contribution in [0.3, 0.4) is 0 Å². The summed E-state index contributed by atoms with van der Waals surface area (Å²) < 4.78 is 25.3. The highest BCUT2D eigenvalue weighted by Crippen LogP contribution is 2.30. The predicted octanol–water partition coefficient (Wildman–Crippen LogP) is 3.69. The summed E-state index contributed by atoms with van der Waals surface area (Å²) in [6, 6.07) is 6.78. The average Bonchev–Trinajstić information content (AvgIpc) is 2.90. The van der Waals surface area contributed by atoms with Gasteiger partial charge in [0.05, 0.1) is 29.3 Å². The number of sulfone groups is 1. The Morgan fingerprint density at radius 1 is 1.32 bits per heavy atom. The molecule has 22 heavy (non-hydrogen) atoms. The zero-order valence-electron chi connectivity index (χ0n) is 13.3. The van der Waals surface area contributed by atoms with E-state index in [1.807, 2.05) is 10.9 Å². The van der Waals surface area contributed by atoms with Gasteiger partial charge in [0.25, 0.3) is 0 Å². The molecular formula is C17H24N2O2S. The molecule has 2 heterocycles. The van der Waals surface area contributed by atoms with Gasteiger partial charge in [0.15, 0.2) is 0 Å². The second-order valence-electron chi connectivity index (χ2n) is 6.48. The van der Waals surface area contributed by atoms with Crippen molar-refractivity contribution < 1.29 is 8.42 Å². The maximum absolute atomic E-state index is 11.6. The van der Waals surface area contributed by atoms with Crippen molar-refractivity contribution in [2.24, 2.45) is 0 Å². The quantitative estimate of drug-likeness (QED) is 0.863. The fourth-order valence-corrected chi connectivity index (χ4v) is 4.84. The van der Waals surface area contributed by atoms with Crippen molar-refractivity contribution in [3.8, 4) is 0 Å². The highest BCUT2D eigenvalue weighted by molar-refractivity contribution is 7.91. The topological polar surface area (TPSA) is 52.0 Å². The number of fused-ring (bicyclic) bond motifs is 1. The van der Waals surface area contributed by atoms with E-state index in [1.165, 1.54) is 18.4 Å². The fourth-order valence-electron chi connectivity index (χ4n) is 3.37. The first-order valence-corrected chi connectivity index (χ1v) is 10.00. The van der Waals surface area contributed by atoms with Gasteiger partial charge in [0.2, 0.25) is 0 Å². The van der Waals surface area contributed by atoms with Crippen LogP contribution in [-0.4, -0.2) is 29.7 Å². The fraction of sp³-hybridized carbons (Fsp3) is 0.588. The van der Waals surface area contributed by atoms with Crippen molar-refractivity contribution >= 4 is 20.7 Å². The largest absolute Gasteiger partial charge is 0.262 e. The number of nitrogens with zero attached hydrogens (tertiary/aromatic N) is 2. The zero-order valence-corrected chi connectivity index (χ0v) is 14.1. The Kier molecular flexibility index (Phi) is 4.26. The van der Waals surface area contributed by atoms with E-state index >= 15 is 0 Å². The molecule has 1 aromatic heterocycles. The van der Waals surface area contributed by atoms with Crippen LogP contribution in [0.15, 0.2) is 24.4 Å². The van der Waals surface area contributed by atoms with E-state index in [4.69, 9.17) is 0 Å². The minimum atomic E-state index is -2.83. The molecule has 0 aliphatic carbocycles. The van der Waals surface area contributed by atoms with Gasteiger partial charge in [-0.2, -0.15) is 5.10 Å². The molecule has 2 aromatic rings. The van der Waals surface area contributed by atoms with Crippen LogP contribution in [0.5, 0.6) is 0 Å². The van der Waals surface area contributed by atoms with Gasteiger partial charge in [0, 0.05) is 5.39 Å². The van der Waals surface area contributed by atoms with Gasteiger partial charge >= 0.3 is 0 Å². The normalized spacial score (nSPS) is 20.3. The summed E-state index contributed by atoms with van der Waals surface area (Å²) in [5.74, 6) is 1.11. The third-order valence-electron chi connectivity index (χ3n) is 4.78. The van der Waals surface area contributed by atoms with Crippen LogP contribution < -0.4 is 0 Å². The number of rotatable bonds is 4. The molecule has 0 bridgehead atoms. The Morgan fingerprint density at radius 2 is 2.05 bits per heavy atom. The third kappa shape index (κ3) is 3.05. The maximum Gasteiger partial charge on any atom is 0.150 e. The monoisotopic (exact) mass is 320 g/mol. The molecular weight excluding hydrogens is 296 g/mol. The average molecular weight is 320 g/mol. The Bertz CT molecular complexity index is 750. The van der Waals surface area contributed by atoms with Gasteiger partial charge in [-0.25, -0.2) is 8.42 Å². The molecule has 0 N–H and O–H groups in total.